The first-order valence-corrected chi connectivity index (χ1v) is 10.2. The third-order valence-corrected chi connectivity index (χ3v) is 6.39. The van der Waals surface area contributed by atoms with E-state index in [2.05, 4.69) is 15.4 Å². The van der Waals surface area contributed by atoms with Crippen LogP contribution in [-0.2, 0) is 19.8 Å². The van der Waals surface area contributed by atoms with Crippen molar-refractivity contribution in [2.45, 2.75) is 66.0 Å². The standard InChI is InChI=1S/C14H30N4O3Si/c1-5-19-22(20-6-2,21-7-3)13-11-9-8-10-12-18-16-14(4)15-17-18/h5-13H2,1-4H3. The van der Waals surface area contributed by atoms with Gasteiger partial charge in [0.2, 0.25) is 0 Å². The minimum atomic E-state index is -2.46. The van der Waals surface area contributed by atoms with Gasteiger partial charge in [0, 0.05) is 25.9 Å². The molecule has 0 unspecified atom stereocenters. The Bertz CT molecular complexity index is 386. The summed E-state index contributed by atoms with van der Waals surface area (Å²) in [5, 5.41) is 12.0. The Labute approximate surface area is 134 Å². The summed E-state index contributed by atoms with van der Waals surface area (Å²) in [5.41, 5.74) is 0. The van der Waals surface area contributed by atoms with Crippen molar-refractivity contribution in [3.63, 3.8) is 0 Å². The van der Waals surface area contributed by atoms with Crippen molar-refractivity contribution in [2.24, 2.45) is 0 Å². The monoisotopic (exact) mass is 330 g/mol. The van der Waals surface area contributed by atoms with E-state index < -0.39 is 8.80 Å². The fourth-order valence-corrected chi connectivity index (χ4v) is 5.05. The van der Waals surface area contributed by atoms with Crippen molar-refractivity contribution >= 4 is 8.80 Å². The number of hydrogen-bond donors (Lipinski definition) is 0. The molecule has 128 valence electrons. The molecule has 0 amide bonds. The van der Waals surface area contributed by atoms with Crippen molar-refractivity contribution < 1.29 is 13.3 Å². The van der Waals surface area contributed by atoms with Crippen LogP contribution in [0, 0.1) is 6.92 Å². The van der Waals surface area contributed by atoms with E-state index >= 15 is 0 Å². The maximum atomic E-state index is 5.85. The van der Waals surface area contributed by atoms with Gasteiger partial charge in [-0.1, -0.05) is 12.8 Å². The van der Waals surface area contributed by atoms with Gasteiger partial charge in [-0.2, -0.15) is 4.80 Å². The lowest BCUT2D eigenvalue weighted by Crippen LogP contribution is -2.45. The number of aromatic nitrogens is 4. The normalized spacial score (nSPS) is 12.0. The highest BCUT2D eigenvalue weighted by atomic mass is 28.4. The van der Waals surface area contributed by atoms with Crippen molar-refractivity contribution in [1.29, 1.82) is 0 Å². The lowest BCUT2D eigenvalue weighted by Gasteiger charge is -2.28. The molecule has 0 aromatic carbocycles. The summed E-state index contributed by atoms with van der Waals surface area (Å²) in [4.78, 5) is 1.66. The Morgan fingerprint density at radius 1 is 0.909 bits per heavy atom. The minimum absolute atomic E-state index is 0.642. The van der Waals surface area contributed by atoms with Gasteiger partial charge in [-0.15, -0.1) is 10.2 Å². The zero-order chi connectivity index (χ0) is 16.3. The van der Waals surface area contributed by atoms with Gasteiger partial charge in [-0.25, -0.2) is 0 Å². The Hall–Kier alpha value is -0.833. The molecule has 0 fully saturated rings. The maximum absolute atomic E-state index is 5.85. The number of tetrazole rings is 1. The molecule has 0 aliphatic rings. The molecule has 8 heteroatoms. The van der Waals surface area contributed by atoms with Gasteiger partial charge in [0.15, 0.2) is 5.82 Å². The molecule has 0 spiro atoms. The molecule has 0 saturated heterocycles. The van der Waals surface area contributed by atoms with Crippen LogP contribution in [0.4, 0.5) is 0 Å². The van der Waals surface area contributed by atoms with E-state index in [1.54, 1.807) is 4.80 Å². The molecule has 1 aromatic rings. The number of nitrogens with zero attached hydrogens (tertiary/aromatic N) is 4. The fraction of sp³-hybridized carbons (Fsp3) is 0.929. The fourth-order valence-electron chi connectivity index (χ4n) is 2.37. The van der Waals surface area contributed by atoms with Gasteiger partial charge in [-0.05, 0) is 45.7 Å². The Morgan fingerprint density at radius 3 is 2.00 bits per heavy atom. The topological polar surface area (TPSA) is 71.3 Å². The van der Waals surface area contributed by atoms with E-state index in [0.717, 1.165) is 44.1 Å². The molecule has 0 N–H and O–H groups in total. The first-order chi connectivity index (χ1) is 10.7. The first kappa shape index (κ1) is 19.2. The Balaban J connectivity index is 2.23. The second-order valence-electron chi connectivity index (χ2n) is 5.08. The lowest BCUT2D eigenvalue weighted by atomic mass is 10.2. The number of rotatable bonds is 13. The number of aryl methyl sites for hydroxylation is 2. The molecule has 0 aliphatic carbocycles. The minimum Gasteiger partial charge on any atom is -0.374 e. The van der Waals surface area contributed by atoms with Crippen LogP contribution < -0.4 is 0 Å². The average Bonchev–Trinajstić information content (AvgIpc) is 2.89. The third-order valence-electron chi connectivity index (χ3n) is 3.24. The quantitative estimate of drug-likeness (QED) is 0.409. The van der Waals surface area contributed by atoms with Crippen LogP contribution in [0.1, 0.15) is 52.3 Å². The van der Waals surface area contributed by atoms with Crippen LogP contribution in [0.25, 0.3) is 0 Å². The smallest absolute Gasteiger partial charge is 0.374 e. The van der Waals surface area contributed by atoms with Crippen molar-refractivity contribution in [3.8, 4) is 0 Å². The largest absolute Gasteiger partial charge is 0.500 e. The first-order valence-electron chi connectivity index (χ1n) is 8.32. The van der Waals surface area contributed by atoms with Crippen LogP contribution in [0.5, 0.6) is 0 Å². The van der Waals surface area contributed by atoms with E-state index in [9.17, 15) is 0 Å². The third kappa shape index (κ3) is 6.95. The highest BCUT2D eigenvalue weighted by Gasteiger charge is 2.39. The van der Waals surface area contributed by atoms with Crippen molar-refractivity contribution in [1.82, 2.24) is 20.2 Å². The molecule has 1 heterocycles. The molecule has 7 nitrogen and oxygen atoms in total. The number of hydrogen-bond acceptors (Lipinski definition) is 6. The van der Waals surface area contributed by atoms with Crippen molar-refractivity contribution in [3.05, 3.63) is 5.82 Å². The summed E-state index contributed by atoms with van der Waals surface area (Å²) in [5.74, 6) is 0.723. The van der Waals surface area contributed by atoms with Crippen LogP contribution in [-0.4, -0.2) is 48.8 Å². The number of unbranched alkanes of at least 4 members (excludes halogenated alkanes) is 3. The van der Waals surface area contributed by atoms with E-state index in [-0.39, 0.29) is 0 Å². The molecule has 1 aromatic heterocycles. The Kier molecular flexibility index (Phi) is 9.45. The average molecular weight is 331 g/mol. The van der Waals surface area contributed by atoms with Crippen LogP contribution >= 0.6 is 0 Å². The van der Waals surface area contributed by atoms with Crippen LogP contribution in [0.3, 0.4) is 0 Å². The molecular formula is C14H30N4O3Si. The predicted molar refractivity (Wildman–Crippen MR) is 86.5 cm³/mol. The second kappa shape index (κ2) is 10.8. The molecule has 0 atom stereocenters. The molecule has 22 heavy (non-hydrogen) atoms. The van der Waals surface area contributed by atoms with Gasteiger partial charge in [-0.3, -0.25) is 0 Å². The van der Waals surface area contributed by atoms with E-state index in [1.165, 1.54) is 0 Å². The molecule has 0 aliphatic heterocycles. The lowest BCUT2D eigenvalue weighted by molar-refractivity contribution is 0.0706. The maximum Gasteiger partial charge on any atom is 0.500 e. The van der Waals surface area contributed by atoms with Gasteiger partial charge in [0.25, 0.3) is 0 Å². The summed E-state index contributed by atoms with van der Waals surface area (Å²) in [6.45, 7) is 10.6. The second-order valence-corrected chi connectivity index (χ2v) is 7.81. The van der Waals surface area contributed by atoms with Crippen LogP contribution in [0.15, 0.2) is 0 Å². The Morgan fingerprint density at radius 2 is 1.50 bits per heavy atom. The highest BCUT2D eigenvalue weighted by molar-refractivity contribution is 6.60. The summed E-state index contributed by atoms with van der Waals surface area (Å²) < 4.78 is 17.6. The summed E-state index contributed by atoms with van der Waals surface area (Å²) >= 11 is 0. The molecule has 0 bridgehead atoms. The van der Waals surface area contributed by atoms with E-state index in [0.29, 0.717) is 19.8 Å². The van der Waals surface area contributed by atoms with Crippen LogP contribution in [0.2, 0.25) is 6.04 Å². The zero-order valence-corrected chi connectivity index (χ0v) is 15.4. The predicted octanol–water partition coefficient (Wildman–Crippen LogP) is 2.59. The summed E-state index contributed by atoms with van der Waals surface area (Å²) in [6, 6.07) is 0.892. The van der Waals surface area contributed by atoms with E-state index in [4.69, 9.17) is 13.3 Å². The highest BCUT2D eigenvalue weighted by Crippen LogP contribution is 2.20. The van der Waals surface area contributed by atoms with Gasteiger partial charge < -0.3 is 13.3 Å². The zero-order valence-electron chi connectivity index (χ0n) is 14.4. The summed E-state index contributed by atoms with van der Waals surface area (Å²) in [6.07, 6.45) is 4.39. The SMILES string of the molecule is CCO[Si](CCCCCCn1nnc(C)n1)(OCC)OCC. The van der Waals surface area contributed by atoms with Crippen molar-refractivity contribution in [2.75, 3.05) is 19.8 Å². The molecule has 0 saturated carbocycles. The van der Waals surface area contributed by atoms with E-state index in [1.807, 2.05) is 27.7 Å². The van der Waals surface area contributed by atoms with Gasteiger partial charge in [0.1, 0.15) is 0 Å². The van der Waals surface area contributed by atoms with Gasteiger partial charge >= 0.3 is 8.80 Å². The molecule has 1 rings (SSSR count). The molecule has 0 radical (unpaired) electrons. The van der Waals surface area contributed by atoms with Gasteiger partial charge in [0.05, 0.1) is 6.54 Å². The molecular weight excluding hydrogens is 300 g/mol. The summed E-state index contributed by atoms with van der Waals surface area (Å²) in [7, 11) is -2.46.